The van der Waals surface area contributed by atoms with Gasteiger partial charge in [-0.3, -0.25) is 15.1 Å². The normalized spacial score (nSPS) is 10.0. The van der Waals surface area contributed by atoms with Crippen LogP contribution in [0.25, 0.3) is 0 Å². The lowest BCUT2D eigenvalue weighted by Crippen LogP contribution is -1.97. The standard InChI is InChI=1S/C8H10N2O3/c1-6-3-8(10(11)12)4-7(9-6)5-13-2/h3-4H,5H2,1-2H3. The Balaban J connectivity index is 3.03. The third-order valence-corrected chi connectivity index (χ3v) is 1.49. The summed E-state index contributed by atoms with van der Waals surface area (Å²) in [6.07, 6.45) is 0. The molecule has 70 valence electrons. The summed E-state index contributed by atoms with van der Waals surface area (Å²) in [5.41, 5.74) is 1.26. The van der Waals surface area contributed by atoms with Crippen LogP contribution in [0.3, 0.4) is 0 Å². The van der Waals surface area contributed by atoms with Crippen molar-refractivity contribution < 1.29 is 9.66 Å². The minimum atomic E-state index is -0.437. The summed E-state index contributed by atoms with van der Waals surface area (Å²) in [5.74, 6) is 0. The molecule has 0 aliphatic heterocycles. The number of ether oxygens (including phenoxy) is 1. The van der Waals surface area contributed by atoms with Gasteiger partial charge in [-0.1, -0.05) is 0 Å². The average molecular weight is 182 g/mol. The van der Waals surface area contributed by atoms with Gasteiger partial charge in [0.15, 0.2) is 0 Å². The van der Waals surface area contributed by atoms with E-state index in [1.807, 2.05) is 0 Å². The molecular formula is C8H10N2O3. The molecule has 0 bridgehead atoms. The number of aryl methyl sites for hydroxylation is 1. The summed E-state index contributed by atoms with van der Waals surface area (Å²) in [4.78, 5) is 14.1. The molecule has 13 heavy (non-hydrogen) atoms. The predicted molar refractivity (Wildman–Crippen MR) is 46.3 cm³/mol. The van der Waals surface area contributed by atoms with Gasteiger partial charge in [-0.25, -0.2) is 0 Å². The van der Waals surface area contributed by atoms with Crippen molar-refractivity contribution in [3.05, 3.63) is 33.6 Å². The third-order valence-electron chi connectivity index (χ3n) is 1.49. The maximum atomic E-state index is 10.4. The summed E-state index contributed by atoms with van der Waals surface area (Å²) in [7, 11) is 1.52. The molecule has 0 saturated carbocycles. The van der Waals surface area contributed by atoms with E-state index in [-0.39, 0.29) is 5.69 Å². The van der Waals surface area contributed by atoms with Gasteiger partial charge in [0.05, 0.1) is 17.2 Å². The molecule has 0 spiro atoms. The van der Waals surface area contributed by atoms with E-state index in [1.165, 1.54) is 19.2 Å². The number of methoxy groups -OCH3 is 1. The third kappa shape index (κ3) is 2.48. The number of nitrogens with zero attached hydrogens (tertiary/aromatic N) is 2. The van der Waals surface area contributed by atoms with E-state index in [1.54, 1.807) is 6.92 Å². The molecule has 0 N–H and O–H groups in total. The fraction of sp³-hybridized carbons (Fsp3) is 0.375. The summed E-state index contributed by atoms with van der Waals surface area (Å²) in [5, 5.41) is 10.4. The number of nitro groups is 1. The zero-order chi connectivity index (χ0) is 9.84. The van der Waals surface area contributed by atoms with E-state index in [9.17, 15) is 10.1 Å². The Hall–Kier alpha value is -1.49. The van der Waals surface area contributed by atoms with Gasteiger partial charge < -0.3 is 4.74 Å². The molecule has 0 aliphatic rings. The lowest BCUT2D eigenvalue weighted by Gasteiger charge is -2.00. The van der Waals surface area contributed by atoms with E-state index < -0.39 is 4.92 Å². The molecule has 5 heteroatoms. The number of rotatable bonds is 3. The van der Waals surface area contributed by atoms with Crippen molar-refractivity contribution in [1.29, 1.82) is 0 Å². The zero-order valence-electron chi connectivity index (χ0n) is 7.48. The molecule has 0 radical (unpaired) electrons. The molecule has 1 aromatic heterocycles. The fourth-order valence-electron chi connectivity index (χ4n) is 1.04. The molecule has 0 atom stereocenters. The van der Waals surface area contributed by atoms with Crippen molar-refractivity contribution in [2.45, 2.75) is 13.5 Å². The minimum Gasteiger partial charge on any atom is -0.378 e. The Morgan fingerprint density at radius 3 is 2.85 bits per heavy atom. The molecule has 0 saturated heterocycles. The van der Waals surface area contributed by atoms with Gasteiger partial charge in [0, 0.05) is 24.9 Å². The summed E-state index contributed by atoms with van der Waals surface area (Å²) in [6, 6.07) is 2.84. The van der Waals surface area contributed by atoms with E-state index in [0.29, 0.717) is 18.0 Å². The molecule has 0 aromatic carbocycles. The predicted octanol–water partition coefficient (Wildman–Crippen LogP) is 1.44. The van der Waals surface area contributed by atoms with Crippen molar-refractivity contribution in [3.63, 3.8) is 0 Å². The van der Waals surface area contributed by atoms with Crippen molar-refractivity contribution in [2.24, 2.45) is 0 Å². The fourth-order valence-corrected chi connectivity index (χ4v) is 1.04. The van der Waals surface area contributed by atoms with Crippen LogP contribution in [-0.2, 0) is 11.3 Å². The first kappa shape index (κ1) is 9.60. The van der Waals surface area contributed by atoms with Crippen molar-refractivity contribution in [1.82, 2.24) is 4.98 Å². The van der Waals surface area contributed by atoms with Crippen LogP contribution in [-0.4, -0.2) is 17.0 Å². The van der Waals surface area contributed by atoms with Crippen molar-refractivity contribution in [2.75, 3.05) is 7.11 Å². The van der Waals surface area contributed by atoms with Crippen molar-refractivity contribution >= 4 is 5.69 Å². The van der Waals surface area contributed by atoms with Gasteiger partial charge in [0.25, 0.3) is 5.69 Å². The minimum absolute atomic E-state index is 0.0551. The van der Waals surface area contributed by atoms with Crippen LogP contribution in [0.2, 0.25) is 0 Å². The van der Waals surface area contributed by atoms with Gasteiger partial charge >= 0.3 is 0 Å². The molecule has 1 rings (SSSR count). The van der Waals surface area contributed by atoms with Crippen LogP contribution in [0.1, 0.15) is 11.4 Å². The first-order valence-corrected chi connectivity index (χ1v) is 3.74. The van der Waals surface area contributed by atoms with E-state index in [2.05, 4.69) is 4.98 Å². The highest BCUT2D eigenvalue weighted by Crippen LogP contribution is 2.13. The first-order chi connectivity index (χ1) is 6.13. The van der Waals surface area contributed by atoms with Crippen LogP contribution < -0.4 is 0 Å². The SMILES string of the molecule is COCc1cc([N+](=O)[O-])cc(C)n1. The maximum absolute atomic E-state index is 10.4. The van der Waals surface area contributed by atoms with Crippen molar-refractivity contribution in [3.8, 4) is 0 Å². The zero-order valence-corrected chi connectivity index (χ0v) is 7.48. The second kappa shape index (κ2) is 3.95. The topological polar surface area (TPSA) is 65.3 Å². The second-order valence-corrected chi connectivity index (χ2v) is 2.65. The Morgan fingerprint density at radius 1 is 1.62 bits per heavy atom. The molecule has 0 amide bonds. The highest BCUT2D eigenvalue weighted by Gasteiger charge is 2.08. The van der Waals surface area contributed by atoms with E-state index >= 15 is 0 Å². The Kier molecular flexibility index (Phi) is 2.92. The molecule has 0 aliphatic carbocycles. The number of hydrogen-bond donors (Lipinski definition) is 0. The van der Waals surface area contributed by atoms with Crippen LogP contribution in [0.4, 0.5) is 5.69 Å². The Morgan fingerprint density at radius 2 is 2.31 bits per heavy atom. The molecule has 1 aromatic rings. The molecule has 5 nitrogen and oxygen atoms in total. The lowest BCUT2D eigenvalue weighted by molar-refractivity contribution is -0.385. The number of aromatic nitrogens is 1. The summed E-state index contributed by atoms with van der Waals surface area (Å²) >= 11 is 0. The Labute approximate surface area is 75.5 Å². The van der Waals surface area contributed by atoms with Crippen LogP contribution in [0, 0.1) is 17.0 Å². The lowest BCUT2D eigenvalue weighted by atomic mass is 10.3. The van der Waals surface area contributed by atoms with Gasteiger partial charge in [0.2, 0.25) is 0 Å². The first-order valence-electron chi connectivity index (χ1n) is 3.74. The maximum Gasteiger partial charge on any atom is 0.273 e. The molecule has 0 unspecified atom stereocenters. The average Bonchev–Trinajstić information content (AvgIpc) is 2.03. The molecular weight excluding hydrogens is 172 g/mol. The van der Waals surface area contributed by atoms with Gasteiger partial charge in [-0.15, -0.1) is 0 Å². The quantitative estimate of drug-likeness (QED) is 0.524. The van der Waals surface area contributed by atoms with E-state index in [0.717, 1.165) is 0 Å². The summed E-state index contributed by atoms with van der Waals surface area (Å²) in [6.45, 7) is 2.01. The largest absolute Gasteiger partial charge is 0.378 e. The van der Waals surface area contributed by atoms with Gasteiger partial charge in [0.1, 0.15) is 0 Å². The summed E-state index contributed by atoms with van der Waals surface area (Å²) < 4.78 is 4.83. The monoisotopic (exact) mass is 182 g/mol. The van der Waals surface area contributed by atoms with E-state index in [4.69, 9.17) is 4.74 Å². The molecule has 0 fully saturated rings. The van der Waals surface area contributed by atoms with Gasteiger partial charge in [-0.05, 0) is 6.92 Å². The highest BCUT2D eigenvalue weighted by atomic mass is 16.6. The smallest absolute Gasteiger partial charge is 0.273 e. The highest BCUT2D eigenvalue weighted by molar-refractivity contribution is 5.32. The Bertz CT molecular complexity index is 325. The van der Waals surface area contributed by atoms with Crippen LogP contribution in [0.5, 0.6) is 0 Å². The molecule has 1 heterocycles. The van der Waals surface area contributed by atoms with Gasteiger partial charge in [-0.2, -0.15) is 0 Å². The number of pyridine rings is 1. The number of hydrogen-bond acceptors (Lipinski definition) is 4. The second-order valence-electron chi connectivity index (χ2n) is 2.65. The van der Waals surface area contributed by atoms with Crippen LogP contribution >= 0.6 is 0 Å². The van der Waals surface area contributed by atoms with Crippen LogP contribution in [0.15, 0.2) is 12.1 Å².